The van der Waals surface area contributed by atoms with Crippen molar-refractivity contribution < 1.29 is 611 Å². The zero-order valence-corrected chi connectivity index (χ0v) is 97.9. The minimum absolute atomic E-state index is 0. The molecule has 0 amide bonds. The summed E-state index contributed by atoms with van der Waals surface area (Å²) >= 11 is 0. The molecule has 0 aliphatic heterocycles. The van der Waals surface area contributed by atoms with Crippen LogP contribution in [0.25, 0.3) is 0 Å². The zero-order chi connectivity index (χ0) is 0. The Hall–Kier alpha value is 20.0. The summed E-state index contributed by atoms with van der Waals surface area (Å²) in [5.41, 5.74) is 0. The van der Waals surface area contributed by atoms with Crippen LogP contribution in [0.15, 0.2) is 0 Å². The molecule has 0 aromatic carbocycles. The maximum atomic E-state index is 0. The van der Waals surface area contributed by atoms with Gasteiger partial charge in [0.1, 0.15) is 0 Å². The fraction of sp³-hybridized carbons (Fsp3) is 0. The van der Waals surface area contributed by atoms with E-state index in [-0.39, 0.29) is 618 Å². The van der Waals surface area contributed by atoms with Crippen LogP contribution >= 0.6 is 0 Å². The third-order valence-corrected chi connectivity index (χ3v) is 0. The number of hydrogen-bond donors (Lipinski definition) is 0. The van der Waals surface area contributed by atoms with Crippen LogP contribution in [0.2, 0.25) is 0 Å². The molecule has 182 valence electrons. The second kappa shape index (κ2) is 283. The standard InChI is InChI=1S/CH3.29W/h1H3;;;;;;;;;;;;;;;;;;;;;;;;;;;;;/q-1;;;;;;;;;;;;;;;;;;;;;;;;;;;;;. The molecular weight excluding hydrogens is 5340 g/mol. The van der Waals surface area contributed by atoms with Gasteiger partial charge in [-0.3, -0.25) is 0 Å². The van der Waals surface area contributed by atoms with Crippen molar-refractivity contribution >= 4 is 0 Å². The van der Waals surface area contributed by atoms with Crippen molar-refractivity contribution in [1.82, 2.24) is 0 Å². The fourth-order valence-corrected chi connectivity index (χ4v) is 0. The van der Waals surface area contributed by atoms with Gasteiger partial charge in [0, 0.05) is 611 Å². The van der Waals surface area contributed by atoms with Gasteiger partial charge in [0.2, 0.25) is 0 Å². The third kappa shape index (κ3) is 265. The van der Waals surface area contributed by atoms with Crippen molar-refractivity contribution in [2.24, 2.45) is 0 Å². The van der Waals surface area contributed by atoms with Gasteiger partial charge in [-0.25, -0.2) is 0 Å². The summed E-state index contributed by atoms with van der Waals surface area (Å²) in [7, 11) is 0. The Morgan fingerprint density at radius 2 is 0.0667 bits per heavy atom. The third-order valence-electron chi connectivity index (χ3n) is 0. The van der Waals surface area contributed by atoms with Crippen LogP contribution in [0.4, 0.5) is 0 Å². The molecule has 0 saturated heterocycles. The van der Waals surface area contributed by atoms with Crippen molar-refractivity contribution in [3.8, 4) is 0 Å². The first-order chi connectivity index (χ1) is 0. The number of hydrogen-bond acceptors (Lipinski definition) is 0. The molecular formula is CH3W29-. The average molecular weight is 5350 g/mol. The van der Waals surface area contributed by atoms with Gasteiger partial charge in [0.15, 0.2) is 0 Å². The molecule has 29 heteroatoms. The summed E-state index contributed by atoms with van der Waals surface area (Å²) in [6.07, 6.45) is 0. The van der Waals surface area contributed by atoms with Gasteiger partial charge >= 0.3 is 0 Å². The molecule has 0 nitrogen and oxygen atoms in total. The van der Waals surface area contributed by atoms with E-state index in [9.17, 15) is 0 Å². The molecule has 0 bridgehead atoms. The minimum atomic E-state index is 0. The summed E-state index contributed by atoms with van der Waals surface area (Å²) in [6.45, 7) is 0. The van der Waals surface area contributed by atoms with Gasteiger partial charge in [0.25, 0.3) is 0 Å². The first kappa shape index (κ1) is 301. The van der Waals surface area contributed by atoms with Crippen molar-refractivity contribution in [3.05, 3.63) is 7.43 Å². The molecule has 0 rings (SSSR count). The Morgan fingerprint density at radius 1 is 0.0667 bits per heavy atom. The van der Waals surface area contributed by atoms with Crippen LogP contribution < -0.4 is 0 Å². The molecule has 30 heavy (non-hydrogen) atoms. The van der Waals surface area contributed by atoms with Crippen LogP contribution in [0.1, 0.15) is 0 Å². The Bertz CT molecular complexity index is 6.33. The number of rotatable bonds is 0. The molecule has 0 aliphatic rings. The topological polar surface area (TPSA) is 0 Å². The molecule has 0 aliphatic carbocycles. The summed E-state index contributed by atoms with van der Waals surface area (Å²) in [4.78, 5) is 0. The van der Waals surface area contributed by atoms with Gasteiger partial charge in [-0.1, -0.05) is 0 Å². The summed E-state index contributed by atoms with van der Waals surface area (Å²) in [5, 5.41) is 0. The fourth-order valence-electron chi connectivity index (χ4n) is 0. The van der Waals surface area contributed by atoms with Crippen molar-refractivity contribution in [2.45, 2.75) is 0 Å². The molecule has 0 spiro atoms. The maximum absolute atomic E-state index is 0. The van der Waals surface area contributed by atoms with E-state index in [0.29, 0.717) is 0 Å². The average Bonchev–Trinajstić information content (AvgIpc) is 0. The van der Waals surface area contributed by atoms with Crippen molar-refractivity contribution in [3.63, 3.8) is 0 Å². The minimum Gasteiger partial charge on any atom is -0.358 e. The van der Waals surface area contributed by atoms with Crippen molar-refractivity contribution in [1.29, 1.82) is 0 Å². The molecule has 0 radical (unpaired) electrons. The van der Waals surface area contributed by atoms with Gasteiger partial charge in [-0.15, -0.1) is 0 Å². The molecule has 0 unspecified atom stereocenters. The van der Waals surface area contributed by atoms with E-state index < -0.39 is 0 Å². The van der Waals surface area contributed by atoms with Crippen molar-refractivity contribution in [2.75, 3.05) is 0 Å². The van der Waals surface area contributed by atoms with E-state index in [0.717, 1.165) is 0 Å². The summed E-state index contributed by atoms with van der Waals surface area (Å²) < 4.78 is 0. The van der Waals surface area contributed by atoms with Gasteiger partial charge < -0.3 is 7.43 Å². The first-order valence-electron chi connectivity index (χ1n) is 0. The van der Waals surface area contributed by atoms with Gasteiger partial charge in [0.05, 0.1) is 0 Å². The van der Waals surface area contributed by atoms with Gasteiger partial charge in [-0.2, -0.15) is 0 Å². The van der Waals surface area contributed by atoms with Crippen LogP contribution in [-0.2, 0) is 611 Å². The summed E-state index contributed by atoms with van der Waals surface area (Å²) in [6, 6.07) is 0. The predicted octanol–water partition coefficient (Wildman–Crippen LogP) is 0.378. The molecule has 0 saturated carbocycles. The van der Waals surface area contributed by atoms with E-state index in [1.807, 2.05) is 0 Å². The first-order valence-corrected chi connectivity index (χ1v) is 0. The zero-order valence-electron chi connectivity index (χ0n) is 12.8. The molecule has 0 atom stereocenters. The van der Waals surface area contributed by atoms with E-state index in [4.69, 9.17) is 0 Å². The van der Waals surface area contributed by atoms with E-state index in [1.54, 1.807) is 0 Å². The molecule has 0 aromatic heterocycles. The molecule has 0 N–H and O–H groups in total. The monoisotopic (exact) mass is 5350 g/mol. The van der Waals surface area contributed by atoms with Crippen LogP contribution in [-0.4, -0.2) is 0 Å². The Labute approximate surface area is 600 Å². The van der Waals surface area contributed by atoms with E-state index >= 15 is 0 Å². The Morgan fingerprint density at radius 3 is 0.0667 bits per heavy atom. The quantitative estimate of drug-likeness (QED) is 0.309. The van der Waals surface area contributed by atoms with Gasteiger partial charge in [-0.05, 0) is 0 Å². The second-order valence-electron chi connectivity index (χ2n) is 0. The second-order valence-corrected chi connectivity index (χ2v) is 0. The Kier molecular flexibility index (Phi) is 2830. The van der Waals surface area contributed by atoms with Crippen LogP contribution in [0.3, 0.4) is 0 Å². The predicted molar refractivity (Wildman–Crippen MR) is 6.41 cm³/mol. The molecule has 0 aromatic rings. The maximum Gasteiger partial charge on any atom is 0 e. The van der Waals surface area contributed by atoms with E-state index in [1.165, 1.54) is 0 Å². The van der Waals surface area contributed by atoms with E-state index in [2.05, 4.69) is 0 Å². The summed E-state index contributed by atoms with van der Waals surface area (Å²) in [5.74, 6) is 0. The smallest absolute Gasteiger partial charge is 0 e. The molecule has 0 heterocycles. The largest absolute Gasteiger partial charge is 0.358 e. The molecule has 0 fully saturated rings. The Balaban J connectivity index is 0. The van der Waals surface area contributed by atoms with Crippen LogP contribution in [0, 0.1) is 7.43 Å². The normalized spacial score (nSPS) is 0. The SMILES string of the molecule is [CH3-].[W].[W].[W].[W].[W].[W].[W].[W].[W].[W].[W].[W].[W].[W].[W].[W].[W].[W].[W].[W].[W].[W].[W].[W].[W].[W].[W].[W].[W]. The van der Waals surface area contributed by atoms with Crippen LogP contribution in [0.5, 0.6) is 0 Å².